The van der Waals surface area contributed by atoms with E-state index < -0.39 is 10.9 Å². The molecule has 16 nitrogen and oxygen atoms in total. The largest absolute Gasteiger partial charge is 0.508 e. The van der Waals surface area contributed by atoms with Gasteiger partial charge in [0.05, 0.1) is 32.5 Å². The van der Waals surface area contributed by atoms with E-state index in [0.717, 1.165) is 34.9 Å². The van der Waals surface area contributed by atoms with Crippen molar-refractivity contribution in [3.8, 4) is 80.1 Å². The van der Waals surface area contributed by atoms with Crippen LogP contribution in [0.3, 0.4) is 0 Å². The SMILES string of the molecule is COc1cc(C2OCC3C(c4ccc(O)c(C)c4)OCC23)ccc1O.O=c1cc(-c2ccc(O)c(O)c2)oc2cc(O)cc(O)c12.O=c1cc(-c2ccc(O)cc2)oc2cc(O)cc(O)c12. The average molecular weight is 899 g/mol. The summed E-state index contributed by atoms with van der Waals surface area (Å²) in [6, 6.07) is 28.1. The van der Waals surface area contributed by atoms with Crippen molar-refractivity contribution in [2.24, 2.45) is 11.8 Å². The maximum Gasteiger partial charge on any atom is 0.197 e. The lowest BCUT2D eigenvalue weighted by atomic mass is 9.84. The number of aromatic hydroxyl groups is 9. The Balaban J connectivity index is 0.000000136. The van der Waals surface area contributed by atoms with Crippen LogP contribution in [0.1, 0.15) is 28.9 Å². The van der Waals surface area contributed by atoms with Gasteiger partial charge in [0, 0.05) is 59.4 Å². The third kappa shape index (κ3) is 8.90. The maximum atomic E-state index is 12.0. The van der Waals surface area contributed by atoms with Gasteiger partial charge in [0.1, 0.15) is 68.0 Å². The van der Waals surface area contributed by atoms with Crippen molar-refractivity contribution in [2.45, 2.75) is 19.1 Å². The molecular formula is C50H42O16. The summed E-state index contributed by atoms with van der Waals surface area (Å²) in [5.41, 5.74) is 3.10. The quantitative estimate of drug-likeness (QED) is 0.0734. The summed E-state index contributed by atoms with van der Waals surface area (Å²) in [5.74, 6) is 0.144. The second-order valence-corrected chi connectivity index (χ2v) is 15.7. The van der Waals surface area contributed by atoms with Crippen LogP contribution in [0.4, 0.5) is 0 Å². The molecule has 2 saturated heterocycles. The zero-order valence-electron chi connectivity index (χ0n) is 35.1. The summed E-state index contributed by atoms with van der Waals surface area (Å²) < 4.78 is 28.4. The highest BCUT2D eigenvalue weighted by Crippen LogP contribution is 2.51. The summed E-state index contributed by atoms with van der Waals surface area (Å²) in [6.45, 7) is 3.15. The van der Waals surface area contributed by atoms with Crippen LogP contribution in [0.15, 0.2) is 134 Å². The molecule has 338 valence electrons. The van der Waals surface area contributed by atoms with E-state index in [0.29, 0.717) is 35.8 Å². The van der Waals surface area contributed by atoms with Crippen LogP contribution in [0.25, 0.3) is 44.6 Å². The summed E-state index contributed by atoms with van der Waals surface area (Å²) in [7, 11) is 1.54. The molecule has 2 fully saturated rings. The van der Waals surface area contributed by atoms with Crippen LogP contribution in [0.2, 0.25) is 0 Å². The predicted molar refractivity (Wildman–Crippen MR) is 239 cm³/mol. The number of aryl methyl sites for hydroxylation is 1. The molecule has 66 heavy (non-hydrogen) atoms. The van der Waals surface area contributed by atoms with Gasteiger partial charge >= 0.3 is 0 Å². The van der Waals surface area contributed by atoms with E-state index in [9.17, 15) is 55.5 Å². The van der Waals surface area contributed by atoms with Gasteiger partial charge < -0.3 is 69.0 Å². The summed E-state index contributed by atoms with van der Waals surface area (Å²) in [5, 5.41) is 85.8. The number of benzene rings is 6. The summed E-state index contributed by atoms with van der Waals surface area (Å²) in [6.07, 6.45) is -0.0870. The number of hydrogen-bond acceptors (Lipinski definition) is 16. The fraction of sp³-hybridized carbons (Fsp3) is 0.160. The molecule has 0 saturated carbocycles. The van der Waals surface area contributed by atoms with Crippen molar-refractivity contribution >= 4 is 21.9 Å². The lowest BCUT2D eigenvalue weighted by Crippen LogP contribution is -2.14. The van der Waals surface area contributed by atoms with E-state index in [1.807, 2.05) is 31.2 Å². The van der Waals surface area contributed by atoms with E-state index in [1.165, 1.54) is 48.5 Å². The first-order chi connectivity index (χ1) is 31.6. The molecule has 8 aromatic rings. The molecule has 4 unspecified atom stereocenters. The first-order valence-corrected chi connectivity index (χ1v) is 20.3. The smallest absolute Gasteiger partial charge is 0.197 e. The molecule has 9 N–H and O–H groups in total. The van der Waals surface area contributed by atoms with Crippen LogP contribution in [0, 0.1) is 18.8 Å². The molecule has 10 rings (SSSR count). The molecule has 0 bridgehead atoms. The Hall–Kier alpha value is -8.34. The van der Waals surface area contributed by atoms with E-state index >= 15 is 0 Å². The van der Waals surface area contributed by atoms with Crippen LogP contribution < -0.4 is 15.6 Å². The van der Waals surface area contributed by atoms with Gasteiger partial charge in [-0.3, -0.25) is 9.59 Å². The first-order valence-electron chi connectivity index (χ1n) is 20.3. The molecule has 0 spiro atoms. The van der Waals surface area contributed by atoms with Crippen molar-refractivity contribution < 1.29 is 69.0 Å². The average Bonchev–Trinajstić information content (AvgIpc) is 3.89. The second-order valence-electron chi connectivity index (χ2n) is 15.7. The van der Waals surface area contributed by atoms with Gasteiger partial charge in [-0.15, -0.1) is 0 Å². The van der Waals surface area contributed by atoms with E-state index in [2.05, 4.69) is 0 Å². The maximum absolute atomic E-state index is 12.0. The molecule has 4 heterocycles. The van der Waals surface area contributed by atoms with E-state index in [-0.39, 0.29) is 103 Å². The summed E-state index contributed by atoms with van der Waals surface area (Å²) >= 11 is 0. The second kappa shape index (κ2) is 18.0. The van der Waals surface area contributed by atoms with Crippen molar-refractivity contribution in [3.63, 3.8) is 0 Å². The highest BCUT2D eigenvalue weighted by Gasteiger charge is 2.48. The number of fused-ring (bicyclic) bond motifs is 3. The Morgan fingerprint density at radius 3 is 1.47 bits per heavy atom. The van der Waals surface area contributed by atoms with Crippen molar-refractivity contribution in [3.05, 3.63) is 152 Å². The fourth-order valence-corrected chi connectivity index (χ4v) is 8.06. The molecule has 4 atom stereocenters. The number of rotatable bonds is 5. The number of phenols is 9. The Morgan fingerprint density at radius 2 is 0.955 bits per heavy atom. The van der Waals surface area contributed by atoms with Crippen LogP contribution in [0.5, 0.6) is 57.5 Å². The van der Waals surface area contributed by atoms with Crippen LogP contribution in [-0.2, 0) is 9.47 Å². The third-order valence-electron chi connectivity index (χ3n) is 11.3. The van der Waals surface area contributed by atoms with Crippen molar-refractivity contribution in [1.82, 2.24) is 0 Å². The normalized spacial score (nSPS) is 17.4. The minimum atomic E-state index is -0.490. The Kier molecular flexibility index (Phi) is 12.1. The molecule has 2 aliphatic rings. The Bertz CT molecular complexity index is 3230. The first kappa shape index (κ1) is 44.3. The van der Waals surface area contributed by atoms with E-state index in [1.54, 1.807) is 31.4 Å². The number of phenolic OH excluding ortho intramolecular Hbond substituents is 9. The van der Waals surface area contributed by atoms with Gasteiger partial charge in [-0.05, 0) is 90.3 Å². The van der Waals surface area contributed by atoms with Gasteiger partial charge in [0.15, 0.2) is 33.9 Å². The highest BCUT2D eigenvalue weighted by atomic mass is 16.5. The third-order valence-corrected chi connectivity index (χ3v) is 11.3. The van der Waals surface area contributed by atoms with E-state index in [4.69, 9.17) is 23.0 Å². The Morgan fingerprint density at radius 1 is 0.470 bits per heavy atom. The van der Waals surface area contributed by atoms with Gasteiger partial charge in [-0.2, -0.15) is 0 Å². The topological polar surface area (TPSA) is 270 Å². The van der Waals surface area contributed by atoms with Crippen LogP contribution in [-0.4, -0.2) is 66.3 Å². The van der Waals surface area contributed by atoms with Gasteiger partial charge in [0.2, 0.25) is 0 Å². The predicted octanol–water partition coefficient (Wildman–Crippen LogP) is 8.35. The highest BCUT2D eigenvalue weighted by molar-refractivity contribution is 5.87. The van der Waals surface area contributed by atoms with Gasteiger partial charge in [0.25, 0.3) is 0 Å². The number of methoxy groups -OCH3 is 1. The van der Waals surface area contributed by atoms with Gasteiger partial charge in [-0.25, -0.2) is 0 Å². The standard InChI is InChI=1S/C20H22O5.C15H10O6.C15H10O5/c1-11-7-12(3-5-16(11)21)19-14-9-25-20(15(14)10-24-19)13-4-6-17(22)18(8-13)23-2;16-8-4-11(19)15-12(20)6-13(21-14(15)5-8)7-1-2-9(17)10(18)3-7;16-9-3-1-8(2-4-9)13-7-12(19)15-11(18)5-10(17)6-14(15)20-13/h3-8,14-15,19-22H,9-10H2,1-2H3;1-6,16-19H;1-7,16-18H. The molecule has 16 heteroatoms. The number of hydrogen-bond donors (Lipinski definition) is 9. The molecule has 2 aromatic heterocycles. The monoisotopic (exact) mass is 898 g/mol. The molecule has 0 radical (unpaired) electrons. The lowest BCUT2D eigenvalue weighted by molar-refractivity contribution is 0.0192. The number of ether oxygens (including phenoxy) is 3. The molecule has 2 aliphatic heterocycles. The minimum Gasteiger partial charge on any atom is -0.508 e. The van der Waals surface area contributed by atoms with Crippen molar-refractivity contribution in [1.29, 1.82) is 0 Å². The molecule has 0 amide bonds. The van der Waals surface area contributed by atoms with Crippen LogP contribution >= 0.6 is 0 Å². The zero-order chi connectivity index (χ0) is 47.0. The van der Waals surface area contributed by atoms with Gasteiger partial charge in [-0.1, -0.05) is 12.1 Å². The molecule has 6 aromatic carbocycles. The lowest BCUT2D eigenvalue weighted by Gasteiger charge is -2.18. The molecular weight excluding hydrogens is 857 g/mol. The zero-order valence-corrected chi connectivity index (χ0v) is 35.1. The summed E-state index contributed by atoms with van der Waals surface area (Å²) in [4.78, 5) is 24.1. The minimum absolute atomic E-state index is 0.0163. The fourth-order valence-electron chi connectivity index (χ4n) is 8.06. The van der Waals surface area contributed by atoms with Crippen molar-refractivity contribution in [2.75, 3.05) is 20.3 Å². The Labute approximate surface area is 373 Å². The molecule has 0 aliphatic carbocycles.